The Balaban J connectivity index is 1.90. The molecule has 3 aromatic rings. The van der Waals surface area contributed by atoms with Crippen LogP contribution in [0.4, 0.5) is 13.2 Å². The van der Waals surface area contributed by atoms with Gasteiger partial charge in [-0.15, -0.1) is 0 Å². The van der Waals surface area contributed by atoms with Crippen LogP contribution in [0.5, 0.6) is 0 Å². The van der Waals surface area contributed by atoms with Crippen LogP contribution >= 0.6 is 23.2 Å². The first-order valence-corrected chi connectivity index (χ1v) is 12.4. The van der Waals surface area contributed by atoms with Crippen molar-refractivity contribution in [3.05, 3.63) is 110 Å². The van der Waals surface area contributed by atoms with Gasteiger partial charge in [-0.25, -0.2) is 4.79 Å². The summed E-state index contributed by atoms with van der Waals surface area (Å²) in [5, 5.41) is 3.98. The molecule has 38 heavy (non-hydrogen) atoms. The summed E-state index contributed by atoms with van der Waals surface area (Å²) in [7, 11) is 0. The van der Waals surface area contributed by atoms with Gasteiger partial charge in [-0.1, -0.05) is 64.8 Å². The van der Waals surface area contributed by atoms with Gasteiger partial charge < -0.3 is 9.57 Å². The molecule has 4 nitrogen and oxygen atoms in total. The van der Waals surface area contributed by atoms with Gasteiger partial charge in [0, 0.05) is 26.7 Å². The molecule has 0 bridgehead atoms. The molecule has 0 spiro atoms. The molecule has 4 rings (SSSR count). The number of hydrogen-bond acceptors (Lipinski definition) is 4. The third-order valence-corrected chi connectivity index (χ3v) is 6.24. The van der Waals surface area contributed by atoms with Crippen LogP contribution in [0.3, 0.4) is 0 Å². The van der Waals surface area contributed by atoms with Crippen molar-refractivity contribution in [1.82, 2.24) is 0 Å². The maximum absolute atomic E-state index is 15.0. The molecule has 1 aliphatic heterocycles. The average molecular weight is 562 g/mol. The summed E-state index contributed by atoms with van der Waals surface area (Å²) < 4.78 is 50.5. The number of alkyl halides is 3. The second-order valence-electron chi connectivity index (χ2n) is 9.87. The van der Waals surface area contributed by atoms with Crippen LogP contribution in [0.1, 0.15) is 53.4 Å². The van der Waals surface area contributed by atoms with Gasteiger partial charge in [0.05, 0.1) is 5.56 Å². The van der Waals surface area contributed by atoms with E-state index in [0.717, 1.165) is 12.1 Å². The Bertz CT molecular complexity index is 1420. The molecule has 1 unspecified atom stereocenters. The highest BCUT2D eigenvalue weighted by Crippen LogP contribution is 2.53. The van der Waals surface area contributed by atoms with Gasteiger partial charge in [0.15, 0.2) is 0 Å². The van der Waals surface area contributed by atoms with Crippen LogP contribution in [0.25, 0.3) is 6.08 Å². The van der Waals surface area contributed by atoms with Crippen LogP contribution in [0.15, 0.2) is 77.5 Å². The summed E-state index contributed by atoms with van der Waals surface area (Å²) in [4.78, 5) is 18.0. The molecule has 0 amide bonds. The summed E-state index contributed by atoms with van der Waals surface area (Å²) in [6.45, 7) is 6.92. The third-order valence-electron chi connectivity index (χ3n) is 5.81. The molecule has 1 aliphatic rings. The van der Waals surface area contributed by atoms with Gasteiger partial charge in [-0.05, 0) is 75.2 Å². The summed E-state index contributed by atoms with van der Waals surface area (Å²) >= 11 is 12.2. The molecular weight excluding hydrogens is 538 g/mol. The number of hydrogen-bond donors (Lipinski definition) is 0. The van der Waals surface area contributed by atoms with E-state index >= 15 is 13.2 Å². The van der Waals surface area contributed by atoms with Gasteiger partial charge in [0.25, 0.3) is 5.60 Å². The van der Waals surface area contributed by atoms with Gasteiger partial charge in [0.1, 0.15) is 11.3 Å². The van der Waals surface area contributed by atoms with E-state index < -0.39 is 23.3 Å². The largest absolute Gasteiger partial charge is 0.456 e. The average Bonchev–Trinajstić information content (AvgIpc) is 3.18. The molecule has 0 N–H and O–H groups in total. The molecule has 1 atom stereocenters. The molecule has 0 fully saturated rings. The standard InChI is InChI=1S/C29H24Cl2F3NO3/c1-17-12-19(10-11-23(17)26(36)37-27(2,3)4)25-24(13-18-8-6-5-7-9-18)28(38-35-25,29(32,33)34)20-14-21(30)16-22(31)15-20/h5-16H,1-4H3/b24-13+. The lowest BCUT2D eigenvalue weighted by atomic mass is 9.80. The zero-order valence-electron chi connectivity index (χ0n) is 21.0. The van der Waals surface area contributed by atoms with Gasteiger partial charge in [-0.3, -0.25) is 0 Å². The Morgan fingerprint density at radius 2 is 1.61 bits per heavy atom. The van der Waals surface area contributed by atoms with Crippen molar-refractivity contribution in [2.45, 2.75) is 45.1 Å². The second kappa shape index (κ2) is 10.1. The minimum absolute atomic E-state index is 0.0183. The van der Waals surface area contributed by atoms with E-state index in [2.05, 4.69) is 5.16 Å². The minimum atomic E-state index is -4.95. The van der Waals surface area contributed by atoms with Crippen molar-refractivity contribution >= 4 is 41.0 Å². The topological polar surface area (TPSA) is 47.9 Å². The zero-order valence-corrected chi connectivity index (χ0v) is 22.5. The minimum Gasteiger partial charge on any atom is -0.456 e. The molecule has 0 radical (unpaired) electrons. The summed E-state index contributed by atoms with van der Waals surface area (Å²) in [6, 6.07) is 16.8. The van der Waals surface area contributed by atoms with Gasteiger partial charge in [0.2, 0.25) is 0 Å². The van der Waals surface area contributed by atoms with Crippen molar-refractivity contribution in [3.63, 3.8) is 0 Å². The molecule has 9 heteroatoms. The SMILES string of the molecule is Cc1cc(C2=NOC(c3cc(Cl)cc(Cl)c3)(C(F)(F)F)/C2=C/c2ccccc2)ccc1C(=O)OC(C)(C)C. The fraction of sp³-hybridized carbons (Fsp3) is 0.241. The number of oxime groups is 1. The van der Waals surface area contributed by atoms with E-state index in [1.807, 2.05) is 0 Å². The highest BCUT2D eigenvalue weighted by Gasteiger charge is 2.65. The number of aryl methyl sites for hydroxylation is 1. The van der Waals surface area contributed by atoms with Crippen LogP contribution < -0.4 is 0 Å². The number of rotatable bonds is 4. The number of esters is 1. The molecule has 1 heterocycles. The van der Waals surface area contributed by atoms with Crippen molar-refractivity contribution in [1.29, 1.82) is 0 Å². The van der Waals surface area contributed by atoms with Crippen LogP contribution in [-0.4, -0.2) is 23.5 Å². The molecule has 0 saturated heterocycles. The number of benzene rings is 3. The maximum atomic E-state index is 15.0. The normalized spacial score (nSPS) is 18.8. The smallest absolute Gasteiger partial charge is 0.440 e. The second-order valence-corrected chi connectivity index (χ2v) is 10.7. The highest BCUT2D eigenvalue weighted by molar-refractivity contribution is 6.34. The lowest BCUT2D eigenvalue weighted by molar-refractivity contribution is -0.261. The first-order valence-electron chi connectivity index (χ1n) is 11.6. The van der Waals surface area contributed by atoms with Crippen molar-refractivity contribution < 1.29 is 27.5 Å². The van der Waals surface area contributed by atoms with Gasteiger partial charge in [-0.2, -0.15) is 13.2 Å². The maximum Gasteiger partial charge on any atom is 0.440 e. The fourth-order valence-corrected chi connectivity index (χ4v) is 4.71. The van der Waals surface area contributed by atoms with Crippen LogP contribution in [0.2, 0.25) is 10.0 Å². The van der Waals surface area contributed by atoms with E-state index in [-0.39, 0.29) is 26.9 Å². The Hall–Kier alpha value is -3.29. The monoisotopic (exact) mass is 561 g/mol. The first kappa shape index (κ1) is 27.7. The van der Waals surface area contributed by atoms with Crippen molar-refractivity contribution in [3.8, 4) is 0 Å². The van der Waals surface area contributed by atoms with E-state index in [1.54, 1.807) is 64.1 Å². The molecular formula is C29H24Cl2F3NO3. The fourth-order valence-electron chi connectivity index (χ4n) is 4.18. The molecule has 0 aromatic heterocycles. The third kappa shape index (κ3) is 5.45. The lowest BCUT2D eigenvalue weighted by Gasteiger charge is -2.31. The quantitative estimate of drug-likeness (QED) is 0.300. The predicted molar refractivity (Wildman–Crippen MR) is 143 cm³/mol. The first-order chi connectivity index (χ1) is 17.7. The van der Waals surface area contributed by atoms with E-state index in [9.17, 15) is 4.79 Å². The Labute approximate surface area is 228 Å². The summed E-state index contributed by atoms with van der Waals surface area (Å²) in [5.41, 5.74) is -2.66. The Morgan fingerprint density at radius 3 is 2.16 bits per heavy atom. The zero-order chi connectivity index (χ0) is 27.9. The number of carbonyl (C=O) groups is 1. The van der Waals surface area contributed by atoms with Crippen molar-refractivity contribution in [2.75, 3.05) is 0 Å². The highest BCUT2D eigenvalue weighted by atomic mass is 35.5. The molecule has 0 aliphatic carbocycles. The number of halogens is 5. The molecule has 198 valence electrons. The number of nitrogens with zero attached hydrogens (tertiary/aromatic N) is 1. The van der Waals surface area contributed by atoms with Gasteiger partial charge >= 0.3 is 12.1 Å². The number of ether oxygens (including phenoxy) is 1. The van der Waals surface area contributed by atoms with Crippen LogP contribution in [0, 0.1) is 6.92 Å². The van der Waals surface area contributed by atoms with E-state index in [1.165, 1.54) is 24.3 Å². The molecule has 0 saturated carbocycles. The number of carbonyl (C=O) groups excluding carboxylic acids is 1. The lowest BCUT2D eigenvalue weighted by Crippen LogP contribution is -2.44. The Kier molecular flexibility index (Phi) is 7.38. The van der Waals surface area contributed by atoms with Crippen LogP contribution in [-0.2, 0) is 15.2 Å². The van der Waals surface area contributed by atoms with E-state index in [4.69, 9.17) is 32.8 Å². The molecule has 3 aromatic carbocycles. The summed E-state index contributed by atoms with van der Waals surface area (Å²) in [5.74, 6) is -0.538. The Morgan fingerprint density at radius 1 is 0.974 bits per heavy atom. The summed E-state index contributed by atoms with van der Waals surface area (Å²) in [6.07, 6.45) is -3.57. The van der Waals surface area contributed by atoms with E-state index in [0.29, 0.717) is 22.3 Å². The predicted octanol–water partition coefficient (Wildman–Crippen LogP) is 8.53. The van der Waals surface area contributed by atoms with Crippen molar-refractivity contribution in [2.24, 2.45) is 5.16 Å².